The monoisotopic (exact) mass is 144 g/mol. The molecule has 10 heavy (non-hydrogen) atoms. The molecule has 0 aromatic carbocycles. The molecule has 0 aromatic heterocycles. The van der Waals surface area contributed by atoms with E-state index in [1.54, 1.807) is 19.3 Å². The number of aliphatic hydroxyl groups excluding tert-OH is 1. The van der Waals surface area contributed by atoms with Crippen LogP contribution in [0.5, 0.6) is 0 Å². The van der Waals surface area contributed by atoms with Gasteiger partial charge in [-0.3, -0.25) is 0 Å². The van der Waals surface area contributed by atoms with Crippen molar-refractivity contribution in [3.8, 4) is 0 Å². The molecule has 3 nitrogen and oxygen atoms in total. The summed E-state index contributed by atoms with van der Waals surface area (Å²) >= 11 is 0. The minimum absolute atomic E-state index is 0.0220. The van der Waals surface area contributed by atoms with Crippen LogP contribution in [0.2, 0.25) is 0 Å². The fraction of sp³-hybridized carbons (Fsp3) is 0.714. The molecule has 1 aliphatic rings. The highest BCUT2D eigenvalue weighted by molar-refractivity contribution is 4.87. The molecule has 0 spiro atoms. The molecule has 3 heteroatoms. The predicted octanol–water partition coefficient (Wildman–Crippen LogP) is 0.644. The summed E-state index contributed by atoms with van der Waals surface area (Å²) in [7, 11) is 0. The molecule has 0 aliphatic carbocycles. The van der Waals surface area contributed by atoms with E-state index in [-0.39, 0.29) is 12.2 Å². The number of rotatable bonds is 2. The molecule has 0 radical (unpaired) electrons. The maximum Gasteiger partial charge on any atom is 0.188 e. The summed E-state index contributed by atoms with van der Waals surface area (Å²) in [4.78, 5) is 0. The van der Waals surface area contributed by atoms with E-state index in [1.807, 2.05) is 0 Å². The Labute approximate surface area is 60.3 Å². The van der Waals surface area contributed by atoms with E-state index in [0.717, 1.165) is 0 Å². The smallest absolute Gasteiger partial charge is 0.188 e. The van der Waals surface area contributed by atoms with Gasteiger partial charge in [-0.15, -0.1) is 0 Å². The molecule has 0 amide bonds. The first-order valence-electron chi connectivity index (χ1n) is 3.37. The van der Waals surface area contributed by atoms with Gasteiger partial charge in [0.25, 0.3) is 0 Å². The van der Waals surface area contributed by atoms with E-state index >= 15 is 0 Å². The summed E-state index contributed by atoms with van der Waals surface area (Å²) in [6.07, 6.45) is 3.76. The van der Waals surface area contributed by atoms with Gasteiger partial charge in [0.15, 0.2) is 6.79 Å². The number of hydrogen-bond acceptors (Lipinski definition) is 3. The van der Waals surface area contributed by atoms with E-state index in [9.17, 15) is 0 Å². The highest BCUT2D eigenvalue weighted by atomic mass is 16.7. The van der Waals surface area contributed by atoms with Gasteiger partial charge in [-0.2, -0.15) is 0 Å². The third kappa shape index (κ3) is 2.37. The number of hydrogen-bond donors (Lipinski definition) is 1. The van der Waals surface area contributed by atoms with Crippen LogP contribution in [0.4, 0.5) is 0 Å². The van der Waals surface area contributed by atoms with Gasteiger partial charge in [-0.25, -0.2) is 0 Å². The molecule has 1 aliphatic heterocycles. The Morgan fingerprint density at radius 1 is 1.80 bits per heavy atom. The highest BCUT2D eigenvalue weighted by Gasteiger charge is 2.11. The summed E-state index contributed by atoms with van der Waals surface area (Å²) in [6, 6.07) is 0. The first kappa shape index (κ1) is 7.57. The van der Waals surface area contributed by atoms with Gasteiger partial charge in [0.2, 0.25) is 0 Å². The fourth-order valence-corrected chi connectivity index (χ4v) is 0.848. The third-order valence-corrected chi connectivity index (χ3v) is 1.31. The van der Waals surface area contributed by atoms with Crippen molar-refractivity contribution in [1.29, 1.82) is 0 Å². The Morgan fingerprint density at radius 2 is 2.60 bits per heavy atom. The van der Waals surface area contributed by atoms with Crippen LogP contribution >= 0.6 is 0 Å². The summed E-state index contributed by atoms with van der Waals surface area (Å²) in [5.74, 6) is 0. The van der Waals surface area contributed by atoms with E-state index in [2.05, 4.69) is 0 Å². The zero-order valence-electron chi connectivity index (χ0n) is 5.99. The van der Waals surface area contributed by atoms with Gasteiger partial charge in [0.1, 0.15) is 0 Å². The zero-order chi connectivity index (χ0) is 7.40. The predicted molar refractivity (Wildman–Crippen MR) is 36.3 cm³/mol. The second kappa shape index (κ2) is 3.58. The first-order chi connectivity index (χ1) is 4.79. The van der Waals surface area contributed by atoms with Gasteiger partial charge in [-0.1, -0.05) is 0 Å². The van der Waals surface area contributed by atoms with E-state index < -0.39 is 0 Å². The van der Waals surface area contributed by atoms with Gasteiger partial charge in [-0.05, 0) is 13.0 Å². The van der Waals surface area contributed by atoms with E-state index in [0.29, 0.717) is 13.2 Å². The lowest BCUT2D eigenvalue weighted by Gasteiger charge is -2.18. The molecule has 0 saturated heterocycles. The molecule has 1 heterocycles. The number of ether oxygens (including phenoxy) is 2. The summed E-state index contributed by atoms with van der Waals surface area (Å²) in [5.41, 5.74) is 0. The zero-order valence-corrected chi connectivity index (χ0v) is 5.99. The summed E-state index contributed by atoms with van der Waals surface area (Å²) < 4.78 is 9.92. The lowest BCUT2D eigenvalue weighted by Crippen LogP contribution is -2.20. The maximum atomic E-state index is 8.95. The SMILES string of the molecule is CC(O)CC1C=COCO1. The van der Waals surface area contributed by atoms with Crippen molar-refractivity contribution in [2.24, 2.45) is 0 Å². The number of aliphatic hydroxyl groups is 1. The van der Waals surface area contributed by atoms with Crippen LogP contribution in [0, 0.1) is 0 Å². The second-order valence-corrected chi connectivity index (χ2v) is 2.40. The van der Waals surface area contributed by atoms with Crippen LogP contribution in [0.15, 0.2) is 12.3 Å². The van der Waals surface area contributed by atoms with Crippen LogP contribution in [0.3, 0.4) is 0 Å². The molecule has 0 aromatic rings. The molecule has 0 fully saturated rings. The lowest BCUT2D eigenvalue weighted by atomic mass is 10.2. The second-order valence-electron chi connectivity index (χ2n) is 2.40. The van der Waals surface area contributed by atoms with E-state index in [4.69, 9.17) is 14.6 Å². The molecular weight excluding hydrogens is 132 g/mol. The van der Waals surface area contributed by atoms with Gasteiger partial charge in [0.05, 0.1) is 18.5 Å². The average Bonchev–Trinajstić information content (AvgIpc) is 1.88. The highest BCUT2D eigenvalue weighted by Crippen LogP contribution is 2.08. The standard InChI is InChI=1S/C7H12O3/c1-6(8)4-7-2-3-9-5-10-7/h2-3,6-8H,4-5H2,1H3. The Kier molecular flexibility index (Phi) is 2.71. The molecule has 1 N–H and O–H groups in total. The molecule has 1 rings (SSSR count). The Hall–Kier alpha value is -0.540. The molecule has 2 unspecified atom stereocenters. The normalized spacial score (nSPS) is 27.6. The molecule has 0 bridgehead atoms. The minimum Gasteiger partial charge on any atom is -0.475 e. The molecule has 2 atom stereocenters. The van der Waals surface area contributed by atoms with Crippen LogP contribution in [0.1, 0.15) is 13.3 Å². The van der Waals surface area contributed by atoms with Crippen molar-refractivity contribution in [3.63, 3.8) is 0 Å². The van der Waals surface area contributed by atoms with Crippen LogP contribution in [-0.2, 0) is 9.47 Å². The van der Waals surface area contributed by atoms with Crippen LogP contribution in [0.25, 0.3) is 0 Å². The van der Waals surface area contributed by atoms with E-state index in [1.165, 1.54) is 0 Å². The summed E-state index contributed by atoms with van der Waals surface area (Å²) in [5, 5.41) is 8.95. The van der Waals surface area contributed by atoms with Crippen molar-refractivity contribution in [2.45, 2.75) is 25.6 Å². The maximum absolute atomic E-state index is 8.95. The Bertz CT molecular complexity index is 120. The topological polar surface area (TPSA) is 38.7 Å². The van der Waals surface area contributed by atoms with Crippen LogP contribution in [-0.4, -0.2) is 24.1 Å². The van der Waals surface area contributed by atoms with Crippen molar-refractivity contribution in [2.75, 3.05) is 6.79 Å². The van der Waals surface area contributed by atoms with Gasteiger partial charge < -0.3 is 14.6 Å². The lowest BCUT2D eigenvalue weighted by molar-refractivity contribution is -0.0688. The van der Waals surface area contributed by atoms with Crippen molar-refractivity contribution in [3.05, 3.63) is 12.3 Å². The fourth-order valence-electron chi connectivity index (χ4n) is 0.848. The Morgan fingerprint density at radius 3 is 3.10 bits per heavy atom. The quantitative estimate of drug-likeness (QED) is 0.618. The van der Waals surface area contributed by atoms with Crippen LogP contribution < -0.4 is 0 Å². The molecular formula is C7H12O3. The first-order valence-corrected chi connectivity index (χ1v) is 3.37. The minimum atomic E-state index is -0.312. The Balaban J connectivity index is 2.26. The van der Waals surface area contributed by atoms with Crippen molar-refractivity contribution < 1.29 is 14.6 Å². The van der Waals surface area contributed by atoms with Gasteiger partial charge in [0, 0.05) is 6.42 Å². The third-order valence-electron chi connectivity index (χ3n) is 1.31. The largest absolute Gasteiger partial charge is 0.475 e. The summed E-state index contributed by atoms with van der Waals surface area (Å²) in [6.45, 7) is 2.04. The van der Waals surface area contributed by atoms with Gasteiger partial charge >= 0.3 is 0 Å². The van der Waals surface area contributed by atoms with Crippen molar-refractivity contribution in [1.82, 2.24) is 0 Å². The average molecular weight is 144 g/mol. The van der Waals surface area contributed by atoms with Crippen molar-refractivity contribution >= 4 is 0 Å². The molecule has 58 valence electrons. The molecule has 0 saturated carbocycles.